The second-order valence-electron chi connectivity index (χ2n) is 7.73. The van der Waals surface area contributed by atoms with Crippen LogP contribution in [0.4, 0.5) is 0 Å². The topological polar surface area (TPSA) is 81.0 Å². The number of aromatic nitrogens is 6. The first-order valence-corrected chi connectivity index (χ1v) is 11.5. The van der Waals surface area contributed by atoms with Crippen molar-refractivity contribution < 1.29 is 4.74 Å². The molecule has 0 spiro atoms. The van der Waals surface area contributed by atoms with Crippen molar-refractivity contribution in [3.8, 4) is 5.75 Å². The zero-order valence-electron chi connectivity index (χ0n) is 18.3. The molecule has 0 aliphatic carbocycles. The van der Waals surface area contributed by atoms with Gasteiger partial charge in [-0.1, -0.05) is 36.0 Å². The summed E-state index contributed by atoms with van der Waals surface area (Å²) in [5.41, 5.74) is 6.32. The molecule has 0 saturated carbocycles. The molecule has 3 heterocycles. The molecule has 0 unspecified atom stereocenters. The van der Waals surface area contributed by atoms with E-state index in [-0.39, 0.29) is 0 Å². The van der Waals surface area contributed by atoms with Gasteiger partial charge in [-0.2, -0.15) is 9.61 Å². The third-order valence-electron chi connectivity index (χ3n) is 5.57. The molecule has 3 aromatic heterocycles. The van der Waals surface area contributed by atoms with E-state index in [1.165, 1.54) is 11.1 Å². The summed E-state index contributed by atoms with van der Waals surface area (Å²) in [5, 5.41) is 14.0. The van der Waals surface area contributed by atoms with Crippen molar-refractivity contribution in [2.24, 2.45) is 0 Å². The van der Waals surface area contributed by atoms with Gasteiger partial charge in [-0.15, -0.1) is 5.10 Å². The van der Waals surface area contributed by atoms with Crippen LogP contribution in [-0.4, -0.2) is 36.9 Å². The first-order valence-electron chi connectivity index (χ1n) is 10.5. The minimum absolute atomic E-state index is 0.747. The molecule has 0 aliphatic rings. The van der Waals surface area contributed by atoms with Crippen molar-refractivity contribution in [1.82, 2.24) is 29.8 Å². The van der Waals surface area contributed by atoms with Gasteiger partial charge in [0.2, 0.25) is 0 Å². The van der Waals surface area contributed by atoms with Crippen LogP contribution in [0.15, 0.2) is 53.7 Å². The van der Waals surface area contributed by atoms with E-state index in [0.717, 1.165) is 63.3 Å². The molecule has 7 nitrogen and oxygen atoms in total. The van der Waals surface area contributed by atoms with Crippen LogP contribution in [0.2, 0.25) is 0 Å². The molecular formula is C24H24N6OS. The van der Waals surface area contributed by atoms with Crippen LogP contribution >= 0.6 is 11.8 Å². The molecule has 0 radical (unpaired) electrons. The number of hydrogen-bond acceptors (Lipinski definition) is 6. The first kappa shape index (κ1) is 20.5. The molecule has 0 amide bonds. The Balaban J connectivity index is 1.48. The fourth-order valence-electron chi connectivity index (χ4n) is 3.86. The van der Waals surface area contributed by atoms with Crippen LogP contribution in [0.25, 0.3) is 16.6 Å². The van der Waals surface area contributed by atoms with Gasteiger partial charge in [-0.3, -0.25) is 5.10 Å². The van der Waals surface area contributed by atoms with Gasteiger partial charge in [0.15, 0.2) is 16.6 Å². The molecule has 32 heavy (non-hydrogen) atoms. The Hall–Kier alpha value is -3.39. The van der Waals surface area contributed by atoms with E-state index >= 15 is 0 Å². The number of hydrogen-bond donors (Lipinski definition) is 1. The molecule has 162 valence electrons. The molecule has 8 heteroatoms. The van der Waals surface area contributed by atoms with E-state index in [9.17, 15) is 0 Å². The Kier molecular flexibility index (Phi) is 5.53. The zero-order valence-corrected chi connectivity index (χ0v) is 19.1. The van der Waals surface area contributed by atoms with Gasteiger partial charge in [0.05, 0.1) is 18.3 Å². The van der Waals surface area contributed by atoms with Gasteiger partial charge in [-0.05, 0) is 55.7 Å². The number of nitrogens with one attached hydrogen (secondary N) is 1. The Morgan fingerprint density at radius 2 is 1.91 bits per heavy atom. The van der Waals surface area contributed by atoms with Crippen molar-refractivity contribution in [3.63, 3.8) is 0 Å². The molecule has 0 atom stereocenters. The van der Waals surface area contributed by atoms with E-state index in [2.05, 4.69) is 29.3 Å². The number of rotatable bonds is 7. The number of thioether (sulfide) groups is 1. The molecule has 5 rings (SSSR count). The van der Waals surface area contributed by atoms with Crippen molar-refractivity contribution in [1.29, 1.82) is 0 Å². The van der Waals surface area contributed by atoms with Crippen LogP contribution in [0.1, 0.15) is 28.3 Å². The summed E-state index contributed by atoms with van der Waals surface area (Å²) in [6.45, 7) is 4.08. The summed E-state index contributed by atoms with van der Waals surface area (Å²) in [6.07, 6.45) is 1.60. The number of ether oxygens (including phenoxy) is 1. The third-order valence-corrected chi connectivity index (χ3v) is 6.57. The fourth-order valence-corrected chi connectivity index (χ4v) is 4.75. The van der Waals surface area contributed by atoms with Crippen LogP contribution in [-0.2, 0) is 18.6 Å². The predicted molar refractivity (Wildman–Crippen MR) is 126 cm³/mol. The normalized spacial score (nSPS) is 11.5. The lowest BCUT2D eigenvalue weighted by Crippen LogP contribution is -2.00. The van der Waals surface area contributed by atoms with E-state index in [4.69, 9.17) is 19.8 Å². The number of aromatic amines is 1. The van der Waals surface area contributed by atoms with Crippen molar-refractivity contribution in [3.05, 3.63) is 76.9 Å². The minimum Gasteiger partial charge on any atom is -0.497 e. The maximum Gasteiger partial charge on any atom is 0.191 e. The maximum atomic E-state index is 5.35. The highest BCUT2D eigenvalue weighted by atomic mass is 32.2. The highest BCUT2D eigenvalue weighted by Crippen LogP contribution is 2.27. The van der Waals surface area contributed by atoms with Gasteiger partial charge in [0.25, 0.3) is 0 Å². The quantitative estimate of drug-likeness (QED) is 0.289. The van der Waals surface area contributed by atoms with Crippen molar-refractivity contribution in [2.45, 2.75) is 37.6 Å². The molecule has 0 saturated heterocycles. The van der Waals surface area contributed by atoms with E-state index < -0.39 is 0 Å². The summed E-state index contributed by atoms with van der Waals surface area (Å²) < 4.78 is 7.24. The van der Waals surface area contributed by atoms with Gasteiger partial charge in [0, 0.05) is 23.3 Å². The SMILES string of the molecule is COc1cccc(CSc2nc3ccccc3c3nc(CCc4c(C)n[nH]c4C)nn23)c1. The van der Waals surface area contributed by atoms with Crippen LogP contribution in [0.5, 0.6) is 5.75 Å². The third kappa shape index (κ3) is 3.93. The Morgan fingerprint density at radius 3 is 2.72 bits per heavy atom. The number of methoxy groups -OCH3 is 1. The summed E-state index contributed by atoms with van der Waals surface area (Å²) in [4.78, 5) is 9.78. The second-order valence-corrected chi connectivity index (χ2v) is 8.67. The van der Waals surface area contributed by atoms with E-state index in [1.807, 2.05) is 47.8 Å². The Morgan fingerprint density at radius 1 is 1.03 bits per heavy atom. The highest BCUT2D eigenvalue weighted by molar-refractivity contribution is 7.98. The molecule has 0 bridgehead atoms. The van der Waals surface area contributed by atoms with Gasteiger partial charge < -0.3 is 4.74 Å². The fraction of sp³-hybridized carbons (Fsp3) is 0.250. The first-order chi connectivity index (χ1) is 15.6. The molecule has 0 fully saturated rings. The van der Waals surface area contributed by atoms with E-state index in [0.29, 0.717) is 0 Å². The number of benzene rings is 2. The smallest absolute Gasteiger partial charge is 0.191 e. The summed E-state index contributed by atoms with van der Waals surface area (Å²) in [6, 6.07) is 16.2. The van der Waals surface area contributed by atoms with Crippen molar-refractivity contribution >= 4 is 28.3 Å². The van der Waals surface area contributed by atoms with Gasteiger partial charge in [0.1, 0.15) is 5.75 Å². The average Bonchev–Trinajstić information content (AvgIpc) is 3.39. The van der Waals surface area contributed by atoms with Crippen molar-refractivity contribution in [2.75, 3.05) is 7.11 Å². The second kappa shape index (κ2) is 8.63. The Labute approximate surface area is 190 Å². The highest BCUT2D eigenvalue weighted by Gasteiger charge is 2.15. The number of nitrogens with zero attached hydrogens (tertiary/aromatic N) is 5. The number of H-pyrrole nitrogens is 1. The molecule has 2 aromatic carbocycles. The molecular weight excluding hydrogens is 420 g/mol. The number of para-hydroxylation sites is 1. The molecule has 1 N–H and O–H groups in total. The summed E-state index contributed by atoms with van der Waals surface area (Å²) >= 11 is 1.65. The lowest BCUT2D eigenvalue weighted by molar-refractivity contribution is 0.414. The predicted octanol–water partition coefficient (Wildman–Crippen LogP) is 4.70. The monoisotopic (exact) mass is 444 g/mol. The summed E-state index contributed by atoms with van der Waals surface area (Å²) in [7, 11) is 1.68. The number of fused-ring (bicyclic) bond motifs is 3. The molecule has 0 aliphatic heterocycles. The lowest BCUT2D eigenvalue weighted by Gasteiger charge is -2.07. The largest absolute Gasteiger partial charge is 0.497 e. The number of aryl methyl sites for hydroxylation is 3. The lowest BCUT2D eigenvalue weighted by atomic mass is 10.1. The van der Waals surface area contributed by atoms with Crippen LogP contribution < -0.4 is 4.74 Å². The maximum absolute atomic E-state index is 5.35. The van der Waals surface area contributed by atoms with Gasteiger partial charge in [-0.25, -0.2) is 9.97 Å². The zero-order chi connectivity index (χ0) is 22.1. The van der Waals surface area contributed by atoms with Crippen LogP contribution in [0.3, 0.4) is 0 Å². The van der Waals surface area contributed by atoms with Gasteiger partial charge >= 0.3 is 0 Å². The summed E-state index contributed by atoms with van der Waals surface area (Å²) in [5.74, 6) is 2.43. The van der Waals surface area contributed by atoms with Crippen LogP contribution in [0, 0.1) is 13.8 Å². The standard InChI is InChI=1S/C24H24N6OS/c1-15-19(16(2)28-27-15)11-12-22-26-23-20-9-4-5-10-21(20)25-24(30(23)29-22)32-14-17-7-6-8-18(13-17)31-3/h4-10,13H,11-12,14H2,1-3H3,(H,27,28). The minimum atomic E-state index is 0.747. The Bertz CT molecular complexity index is 1390. The van der Waals surface area contributed by atoms with E-state index in [1.54, 1.807) is 18.9 Å². The average molecular weight is 445 g/mol. The molecule has 5 aromatic rings.